The van der Waals surface area contributed by atoms with Gasteiger partial charge in [-0.2, -0.15) is 0 Å². The minimum Gasteiger partial charge on any atom is -0.462 e. The van der Waals surface area contributed by atoms with Crippen molar-refractivity contribution >= 4 is 17.9 Å². The van der Waals surface area contributed by atoms with Crippen LogP contribution in [-0.2, 0) is 28.6 Å². The molecule has 0 aromatic carbocycles. The van der Waals surface area contributed by atoms with Gasteiger partial charge in [0, 0.05) is 19.3 Å². The average molecular weight is 1010 g/mol. The summed E-state index contributed by atoms with van der Waals surface area (Å²) in [5.74, 6) is -0.859. The van der Waals surface area contributed by atoms with Gasteiger partial charge < -0.3 is 14.2 Å². The van der Waals surface area contributed by atoms with Gasteiger partial charge in [0.2, 0.25) is 0 Å². The molecule has 0 bridgehead atoms. The smallest absolute Gasteiger partial charge is 0.306 e. The first-order chi connectivity index (χ1) is 35.5. The predicted molar refractivity (Wildman–Crippen MR) is 312 cm³/mol. The van der Waals surface area contributed by atoms with E-state index in [2.05, 4.69) is 45.1 Å². The van der Waals surface area contributed by atoms with Crippen LogP contribution in [-0.4, -0.2) is 37.2 Å². The Balaban J connectivity index is 4.15. The molecule has 0 radical (unpaired) electrons. The number of hydrogen-bond donors (Lipinski definition) is 0. The van der Waals surface area contributed by atoms with Crippen molar-refractivity contribution < 1.29 is 28.6 Å². The maximum Gasteiger partial charge on any atom is 0.306 e. The molecule has 0 aromatic rings. The number of allylic oxidation sites excluding steroid dienone is 4. The van der Waals surface area contributed by atoms with Crippen LogP contribution in [0.1, 0.15) is 361 Å². The molecule has 72 heavy (non-hydrogen) atoms. The summed E-state index contributed by atoms with van der Waals surface area (Å²) in [7, 11) is 0. The topological polar surface area (TPSA) is 78.9 Å². The number of esters is 3. The maximum absolute atomic E-state index is 12.9. The molecule has 0 aliphatic carbocycles. The van der Waals surface area contributed by atoms with Crippen LogP contribution in [0.15, 0.2) is 24.3 Å². The Labute approximate surface area is 449 Å². The van der Waals surface area contributed by atoms with E-state index in [1.807, 2.05) is 0 Å². The number of unbranched alkanes of at least 4 members (excludes halogenated alkanes) is 45. The van der Waals surface area contributed by atoms with Crippen molar-refractivity contribution in [2.75, 3.05) is 13.2 Å². The highest BCUT2D eigenvalue weighted by Crippen LogP contribution is 2.18. The fourth-order valence-electron chi connectivity index (χ4n) is 9.84. The van der Waals surface area contributed by atoms with Gasteiger partial charge in [0.1, 0.15) is 13.2 Å². The SMILES string of the molecule is CCC/C=C\C/C=C\CCCCCCCC(=O)OCC(COC(=O)CCCCCCCCCCCCCCCCCCCCCCCCCCCCC)OC(=O)CCCCCCCCCCCCCCCC. The van der Waals surface area contributed by atoms with Crippen molar-refractivity contribution in [2.45, 2.75) is 367 Å². The third-order valence-corrected chi connectivity index (χ3v) is 14.7. The average Bonchev–Trinajstić information content (AvgIpc) is 3.38. The molecule has 0 aliphatic heterocycles. The van der Waals surface area contributed by atoms with E-state index in [0.717, 1.165) is 83.5 Å². The van der Waals surface area contributed by atoms with E-state index in [4.69, 9.17) is 14.2 Å². The summed E-state index contributed by atoms with van der Waals surface area (Å²) in [6.45, 7) is 6.63. The quantitative estimate of drug-likeness (QED) is 0.0261. The molecule has 0 amide bonds. The van der Waals surface area contributed by atoms with Gasteiger partial charge in [0.15, 0.2) is 6.10 Å². The van der Waals surface area contributed by atoms with Crippen molar-refractivity contribution in [1.29, 1.82) is 0 Å². The predicted octanol–water partition coefficient (Wildman–Crippen LogP) is 21.8. The second kappa shape index (κ2) is 61.4. The summed E-state index contributed by atoms with van der Waals surface area (Å²) < 4.78 is 16.9. The first-order valence-corrected chi connectivity index (χ1v) is 32.3. The summed E-state index contributed by atoms with van der Waals surface area (Å²) in [4.78, 5) is 38.2. The molecular formula is C66H124O6. The molecule has 6 nitrogen and oxygen atoms in total. The van der Waals surface area contributed by atoms with Crippen LogP contribution < -0.4 is 0 Å². The van der Waals surface area contributed by atoms with E-state index in [1.54, 1.807) is 0 Å². The van der Waals surface area contributed by atoms with E-state index in [9.17, 15) is 14.4 Å². The first-order valence-electron chi connectivity index (χ1n) is 32.3. The maximum atomic E-state index is 12.9. The zero-order chi connectivity index (χ0) is 52.2. The van der Waals surface area contributed by atoms with Crippen LogP contribution in [0.5, 0.6) is 0 Å². The summed E-state index contributed by atoms with van der Waals surface area (Å²) in [6, 6.07) is 0. The van der Waals surface area contributed by atoms with E-state index >= 15 is 0 Å². The second-order valence-electron chi connectivity index (χ2n) is 22.0. The van der Waals surface area contributed by atoms with Gasteiger partial charge in [0.05, 0.1) is 0 Å². The Morgan fingerprint density at radius 2 is 0.528 bits per heavy atom. The lowest BCUT2D eigenvalue weighted by atomic mass is 10.0. The Kier molecular flexibility index (Phi) is 59.6. The highest BCUT2D eigenvalue weighted by molar-refractivity contribution is 5.71. The van der Waals surface area contributed by atoms with Crippen LogP contribution >= 0.6 is 0 Å². The molecule has 0 fully saturated rings. The van der Waals surface area contributed by atoms with E-state index < -0.39 is 6.10 Å². The monoisotopic (exact) mass is 1010 g/mol. The zero-order valence-corrected chi connectivity index (χ0v) is 48.7. The van der Waals surface area contributed by atoms with Gasteiger partial charge in [-0.25, -0.2) is 0 Å². The van der Waals surface area contributed by atoms with Crippen molar-refractivity contribution in [2.24, 2.45) is 0 Å². The van der Waals surface area contributed by atoms with Gasteiger partial charge in [-0.05, 0) is 44.9 Å². The van der Waals surface area contributed by atoms with Gasteiger partial charge in [-0.1, -0.05) is 321 Å². The highest BCUT2D eigenvalue weighted by Gasteiger charge is 2.19. The fourth-order valence-corrected chi connectivity index (χ4v) is 9.84. The van der Waals surface area contributed by atoms with Crippen LogP contribution in [0.3, 0.4) is 0 Å². The Hall–Kier alpha value is -2.11. The molecule has 1 unspecified atom stereocenters. The number of ether oxygens (including phenoxy) is 3. The molecular weight excluding hydrogens is 889 g/mol. The standard InChI is InChI=1S/C66H124O6/c1-4-7-10-13-16-19-22-25-27-28-29-30-31-32-33-34-35-36-37-38-39-42-44-47-50-53-56-59-65(68)71-62-63(61-70-64(67)58-55-52-49-46-43-40-24-21-18-15-12-9-6-3)72-66(69)60-57-54-51-48-45-41-26-23-20-17-14-11-8-5-2/h12,15,21,24,63H,4-11,13-14,16-20,22-23,25-62H2,1-3H3/b15-12-,24-21-. The molecule has 0 heterocycles. The second-order valence-corrected chi connectivity index (χ2v) is 22.0. The first kappa shape index (κ1) is 69.9. The van der Waals surface area contributed by atoms with Crippen LogP contribution in [0, 0.1) is 0 Å². The molecule has 0 rings (SSSR count). The fraction of sp³-hybridized carbons (Fsp3) is 0.894. The summed E-state index contributed by atoms with van der Waals surface area (Å²) in [5.41, 5.74) is 0. The third-order valence-electron chi connectivity index (χ3n) is 14.7. The zero-order valence-electron chi connectivity index (χ0n) is 48.7. The molecule has 0 aromatic heterocycles. The summed E-state index contributed by atoms with van der Waals surface area (Å²) in [6.07, 6.45) is 73.4. The lowest BCUT2D eigenvalue weighted by molar-refractivity contribution is -0.167. The molecule has 1 atom stereocenters. The molecule has 6 heteroatoms. The molecule has 0 saturated heterocycles. The van der Waals surface area contributed by atoms with Crippen LogP contribution in [0.2, 0.25) is 0 Å². The van der Waals surface area contributed by atoms with Crippen molar-refractivity contribution in [1.82, 2.24) is 0 Å². The largest absolute Gasteiger partial charge is 0.462 e. The molecule has 0 aliphatic rings. The Bertz CT molecular complexity index is 1160. The Morgan fingerprint density at radius 3 is 0.819 bits per heavy atom. The number of rotatable bonds is 60. The van der Waals surface area contributed by atoms with E-state index in [0.29, 0.717) is 19.3 Å². The van der Waals surface area contributed by atoms with Gasteiger partial charge in [0.25, 0.3) is 0 Å². The van der Waals surface area contributed by atoms with Gasteiger partial charge >= 0.3 is 17.9 Å². The highest BCUT2D eigenvalue weighted by atomic mass is 16.6. The molecule has 0 N–H and O–H groups in total. The lowest BCUT2D eigenvalue weighted by Gasteiger charge is -2.18. The summed E-state index contributed by atoms with van der Waals surface area (Å²) in [5, 5.41) is 0. The van der Waals surface area contributed by atoms with Gasteiger partial charge in [-0.15, -0.1) is 0 Å². The molecule has 0 spiro atoms. The van der Waals surface area contributed by atoms with Crippen molar-refractivity contribution in [3.8, 4) is 0 Å². The van der Waals surface area contributed by atoms with Crippen molar-refractivity contribution in [3.05, 3.63) is 24.3 Å². The number of hydrogen-bond acceptors (Lipinski definition) is 6. The van der Waals surface area contributed by atoms with Crippen LogP contribution in [0.4, 0.5) is 0 Å². The third kappa shape index (κ3) is 58.8. The number of carbonyl (C=O) groups excluding carboxylic acids is 3. The number of carbonyl (C=O) groups is 3. The normalized spacial score (nSPS) is 12.1. The van der Waals surface area contributed by atoms with E-state index in [-0.39, 0.29) is 31.1 Å². The van der Waals surface area contributed by atoms with Crippen molar-refractivity contribution in [3.63, 3.8) is 0 Å². The Morgan fingerprint density at radius 1 is 0.278 bits per heavy atom. The molecule has 0 saturated carbocycles. The minimum atomic E-state index is -0.772. The molecule has 424 valence electrons. The summed E-state index contributed by atoms with van der Waals surface area (Å²) >= 11 is 0. The van der Waals surface area contributed by atoms with E-state index in [1.165, 1.54) is 238 Å². The lowest BCUT2D eigenvalue weighted by Crippen LogP contribution is -2.30. The van der Waals surface area contributed by atoms with Crippen LogP contribution in [0.25, 0.3) is 0 Å². The minimum absolute atomic E-state index is 0.0699. The van der Waals surface area contributed by atoms with Gasteiger partial charge in [-0.3, -0.25) is 14.4 Å².